The van der Waals surface area contributed by atoms with E-state index in [0.717, 1.165) is 44.0 Å². The average Bonchev–Trinajstić information content (AvgIpc) is 2.65. The first-order chi connectivity index (χ1) is 13.0. The van der Waals surface area contributed by atoms with Gasteiger partial charge in [0.15, 0.2) is 0 Å². The molecule has 0 aromatic heterocycles. The second kappa shape index (κ2) is 11.1. The summed E-state index contributed by atoms with van der Waals surface area (Å²) in [6.07, 6.45) is 0. The number of nitrogens with zero attached hydrogens (tertiary/aromatic N) is 2. The number of hydrogen-bond donors (Lipinski definition) is 1. The number of hydrogen-bond acceptors (Lipinski definition) is 3. The number of aryl methyl sites for hydroxylation is 1. The number of anilines is 1. The molecule has 1 amide bonds. The highest BCUT2D eigenvalue weighted by Gasteiger charge is 2.14. The number of nitrogens with one attached hydrogen (secondary N) is 1. The van der Waals surface area contributed by atoms with Crippen LogP contribution >= 0.6 is 11.6 Å². The van der Waals surface area contributed by atoms with Crippen LogP contribution in [0.3, 0.4) is 0 Å². The second-order valence-electron chi connectivity index (χ2n) is 6.73. The molecule has 0 heterocycles. The summed E-state index contributed by atoms with van der Waals surface area (Å²) in [4.78, 5) is 17.2. The molecule has 0 atom stereocenters. The van der Waals surface area contributed by atoms with Crippen molar-refractivity contribution in [3.8, 4) is 0 Å². The smallest absolute Gasteiger partial charge is 0.238 e. The fourth-order valence-corrected chi connectivity index (χ4v) is 3.27. The normalized spacial score (nSPS) is 11.2. The van der Waals surface area contributed by atoms with Crippen LogP contribution in [0.1, 0.15) is 25.0 Å². The minimum atomic E-state index is -0.00380. The Bertz CT molecular complexity index is 717. The van der Waals surface area contributed by atoms with Gasteiger partial charge in [-0.3, -0.25) is 9.69 Å². The molecule has 27 heavy (non-hydrogen) atoms. The molecule has 0 saturated heterocycles. The molecule has 2 rings (SSSR count). The molecule has 0 aliphatic heterocycles. The van der Waals surface area contributed by atoms with Gasteiger partial charge in [-0.2, -0.15) is 0 Å². The van der Waals surface area contributed by atoms with E-state index >= 15 is 0 Å². The van der Waals surface area contributed by atoms with Crippen LogP contribution in [0.2, 0.25) is 5.02 Å². The van der Waals surface area contributed by atoms with Crippen molar-refractivity contribution in [2.75, 3.05) is 38.0 Å². The molecule has 0 bridgehead atoms. The summed E-state index contributed by atoms with van der Waals surface area (Å²) in [6, 6.07) is 15.8. The molecule has 0 aliphatic carbocycles. The van der Waals surface area contributed by atoms with Gasteiger partial charge < -0.3 is 10.2 Å². The van der Waals surface area contributed by atoms with Gasteiger partial charge in [0.05, 0.1) is 6.54 Å². The molecule has 4 nitrogen and oxygen atoms in total. The molecule has 0 fully saturated rings. The minimum Gasteiger partial charge on any atom is -0.325 e. The number of carbonyl (C=O) groups excluding carboxylic acids is 1. The maximum absolute atomic E-state index is 12.6. The van der Waals surface area contributed by atoms with Crippen LogP contribution in [-0.4, -0.2) is 48.4 Å². The van der Waals surface area contributed by atoms with E-state index in [2.05, 4.69) is 41.1 Å². The Balaban J connectivity index is 2.01. The zero-order valence-electron chi connectivity index (χ0n) is 16.5. The molecule has 1 N–H and O–H groups in total. The fraction of sp³-hybridized carbons (Fsp3) is 0.409. The van der Waals surface area contributed by atoms with Gasteiger partial charge in [0.2, 0.25) is 5.91 Å². The van der Waals surface area contributed by atoms with Crippen molar-refractivity contribution in [2.24, 2.45) is 0 Å². The van der Waals surface area contributed by atoms with E-state index in [0.29, 0.717) is 11.6 Å². The quantitative estimate of drug-likeness (QED) is 0.655. The first-order valence-corrected chi connectivity index (χ1v) is 9.94. The zero-order chi connectivity index (χ0) is 19.6. The van der Waals surface area contributed by atoms with Gasteiger partial charge >= 0.3 is 0 Å². The van der Waals surface area contributed by atoms with Crippen LogP contribution in [0, 0.1) is 6.92 Å². The van der Waals surface area contributed by atoms with Crippen LogP contribution in [0.25, 0.3) is 0 Å². The van der Waals surface area contributed by atoms with Gasteiger partial charge in [-0.25, -0.2) is 0 Å². The lowest BCUT2D eigenvalue weighted by Gasteiger charge is -2.26. The van der Waals surface area contributed by atoms with Crippen molar-refractivity contribution in [3.63, 3.8) is 0 Å². The van der Waals surface area contributed by atoms with Crippen LogP contribution in [0.15, 0.2) is 48.5 Å². The van der Waals surface area contributed by atoms with Crippen molar-refractivity contribution < 1.29 is 4.79 Å². The van der Waals surface area contributed by atoms with Crippen molar-refractivity contribution in [2.45, 2.75) is 27.3 Å². The van der Waals surface area contributed by atoms with E-state index in [1.54, 1.807) is 6.07 Å². The topological polar surface area (TPSA) is 35.6 Å². The largest absolute Gasteiger partial charge is 0.325 e. The highest BCUT2D eigenvalue weighted by atomic mass is 35.5. The predicted octanol–water partition coefficient (Wildman–Crippen LogP) is 4.43. The van der Waals surface area contributed by atoms with Crippen molar-refractivity contribution in [3.05, 3.63) is 64.7 Å². The lowest BCUT2D eigenvalue weighted by Crippen LogP contribution is -2.39. The SMILES string of the molecule is CCN(CC)CCN(CC(=O)Nc1ccc(Cl)cc1C)Cc1ccccc1. The van der Waals surface area contributed by atoms with E-state index in [1.807, 2.05) is 37.3 Å². The fourth-order valence-electron chi connectivity index (χ4n) is 3.04. The van der Waals surface area contributed by atoms with Crippen LogP contribution in [0.4, 0.5) is 5.69 Å². The maximum atomic E-state index is 12.6. The van der Waals surface area contributed by atoms with E-state index in [-0.39, 0.29) is 5.91 Å². The van der Waals surface area contributed by atoms with Gasteiger partial charge in [-0.05, 0) is 49.3 Å². The summed E-state index contributed by atoms with van der Waals surface area (Å²) in [5, 5.41) is 3.69. The second-order valence-corrected chi connectivity index (χ2v) is 7.17. The molecule has 2 aromatic rings. The van der Waals surface area contributed by atoms with Gasteiger partial charge in [-0.1, -0.05) is 55.8 Å². The number of likely N-dealkylation sites (N-methyl/N-ethyl adjacent to an activating group) is 1. The average molecular weight is 388 g/mol. The lowest BCUT2D eigenvalue weighted by molar-refractivity contribution is -0.117. The summed E-state index contributed by atoms with van der Waals surface area (Å²) < 4.78 is 0. The molecule has 0 spiro atoms. The van der Waals surface area contributed by atoms with E-state index in [1.165, 1.54) is 5.56 Å². The highest BCUT2D eigenvalue weighted by molar-refractivity contribution is 6.30. The number of rotatable bonds is 10. The van der Waals surface area contributed by atoms with Crippen LogP contribution in [-0.2, 0) is 11.3 Å². The Labute approximate surface area is 168 Å². The third-order valence-electron chi connectivity index (χ3n) is 4.71. The van der Waals surface area contributed by atoms with Crippen molar-refractivity contribution in [1.82, 2.24) is 9.80 Å². The number of benzene rings is 2. The third kappa shape index (κ3) is 7.33. The molecular formula is C22H30ClN3O. The summed E-state index contributed by atoms with van der Waals surface area (Å²) in [5.41, 5.74) is 2.99. The summed E-state index contributed by atoms with van der Waals surface area (Å²) >= 11 is 6.00. The van der Waals surface area contributed by atoms with E-state index in [9.17, 15) is 4.79 Å². The van der Waals surface area contributed by atoms with Gasteiger partial charge in [0.25, 0.3) is 0 Å². The summed E-state index contributed by atoms with van der Waals surface area (Å²) in [5.74, 6) is -0.00380. The van der Waals surface area contributed by atoms with E-state index < -0.39 is 0 Å². The molecule has 2 aromatic carbocycles. The predicted molar refractivity (Wildman–Crippen MR) is 114 cm³/mol. The lowest BCUT2D eigenvalue weighted by atomic mass is 10.2. The molecule has 0 aliphatic rings. The molecule has 0 radical (unpaired) electrons. The number of carbonyl (C=O) groups is 1. The Morgan fingerprint density at radius 2 is 1.67 bits per heavy atom. The Morgan fingerprint density at radius 3 is 2.30 bits per heavy atom. The molecule has 146 valence electrons. The van der Waals surface area contributed by atoms with Crippen molar-refractivity contribution in [1.29, 1.82) is 0 Å². The number of halogens is 1. The zero-order valence-corrected chi connectivity index (χ0v) is 17.3. The highest BCUT2D eigenvalue weighted by Crippen LogP contribution is 2.19. The van der Waals surface area contributed by atoms with E-state index in [4.69, 9.17) is 11.6 Å². The number of amides is 1. The standard InChI is InChI=1S/C22H30ClN3O/c1-4-25(5-2)13-14-26(16-19-9-7-6-8-10-19)17-22(27)24-21-12-11-20(23)15-18(21)3/h6-12,15H,4-5,13-14,16-17H2,1-3H3,(H,24,27). The first-order valence-electron chi connectivity index (χ1n) is 9.56. The first kappa shape index (κ1) is 21.4. The summed E-state index contributed by atoms with van der Waals surface area (Å²) in [6.45, 7) is 11.2. The molecule has 0 unspecified atom stereocenters. The van der Waals surface area contributed by atoms with Gasteiger partial charge in [0, 0.05) is 30.3 Å². The maximum Gasteiger partial charge on any atom is 0.238 e. The Kier molecular flexibility index (Phi) is 8.79. The molecule has 0 saturated carbocycles. The molecule has 5 heteroatoms. The minimum absolute atomic E-state index is 0.00380. The van der Waals surface area contributed by atoms with Crippen molar-refractivity contribution >= 4 is 23.2 Å². The third-order valence-corrected chi connectivity index (χ3v) is 4.94. The van der Waals surface area contributed by atoms with Gasteiger partial charge in [0.1, 0.15) is 0 Å². The van der Waals surface area contributed by atoms with Gasteiger partial charge in [-0.15, -0.1) is 0 Å². The Hall–Kier alpha value is -1.88. The Morgan fingerprint density at radius 1 is 1.00 bits per heavy atom. The summed E-state index contributed by atoms with van der Waals surface area (Å²) in [7, 11) is 0. The van der Waals surface area contributed by atoms with Crippen LogP contribution in [0.5, 0.6) is 0 Å². The molecular weight excluding hydrogens is 358 g/mol. The monoisotopic (exact) mass is 387 g/mol. The van der Waals surface area contributed by atoms with Crippen LogP contribution < -0.4 is 5.32 Å².